The number of nitrogens with zero attached hydrogens (tertiary/aromatic N) is 2. The summed E-state index contributed by atoms with van der Waals surface area (Å²) < 4.78 is 10.4. The van der Waals surface area contributed by atoms with Gasteiger partial charge in [-0.05, 0) is 25.2 Å². The van der Waals surface area contributed by atoms with E-state index in [-0.39, 0.29) is 12.1 Å². The van der Waals surface area contributed by atoms with Gasteiger partial charge >= 0.3 is 0 Å². The highest BCUT2D eigenvalue weighted by atomic mass is 16.5. The second-order valence-corrected chi connectivity index (χ2v) is 4.38. The summed E-state index contributed by atoms with van der Waals surface area (Å²) in [6, 6.07) is 0.163. The predicted molar refractivity (Wildman–Crippen MR) is 58.7 cm³/mol. The highest BCUT2D eigenvalue weighted by molar-refractivity contribution is 4.95. The van der Waals surface area contributed by atoms with Crippen LogP contribution in [0.1, 0.15) is 44.0 Å². The summed E-state index contributed by atoms with van der Waals surface area (Å²) >= 11 is 0. The number of hydrogen-bond donors (Lipinski definition) is 1. The molecule has 2 rings (SSSR count). The summed E-state index contributed by atoms with van der Waals surface area (Å²) in [5, 5.41) is 3.92. The number of hydrogen-bond acceptors (Lipinski definition) is 5. The number of aromatic nitrogens is 2. The molecule has 0 radical (unpaired) electrons. The molecule has 1 aromatic heterocycles. The van der Waals surface area contributed by atoms with Gasteiger partial charge in [-0.2, -0.15) is 4.98 Å². The number of nitrogens with two attached hydrogens (primary N) is 1. The molecule has 2 atom stereocenters. The molecule has 1 heterocycles. The van der Waals surface area contributed by atoms with Crippen molar-refractivity contribution < 1.29 is 9.26 Å². The van der Waals surface area contributed by atoms with Crippen LogP contribution < -0.4 is 5.73 Å². The van der Waals surface area contributed by atoms with Crippen molar-refractivity contribution in [3.8, 4) is 0 Å². The third kappa shape index (κ3) is 2.59. The van der Waals surface area contributed by atoms with Gasteiger partial charge in [0.05, 0.1) is 0 Å². The Morgan fingerprint density at radius 2 is 2.31 bits per heavy atom. The number of ether oxygens (including phenoxy) is 1. The van der Waals surface area contributed by atoms with Gasteiger partial charge in [-0.1, -0.05) is 12.1 Å². The monoisotopic (exact) mass is 225 g/mol. The van der Waals surface area contributed by atoms with Gasteiger partial charge in [0.2, 0.25) is 11.7 Å². The standard InChI is InChI=1S/C11H19N3O2/c1-3-9(15-2)11-13-10(16-14-11)6-8(12)7-4-5-7/h7-9H,3-6,12H2,1-2H3. The molecule has 0 spiro atoms. The first kappa shape index (κ1) is 11.5. The van der Waals surface area contributed by atoms with Crippen molar-refractivity contribution in [3.63, 3.8) is 0 Å². The average molecular weight is 225 g/mol. The molecule has 0 saturated heterocycles. The maximum absolute atomic E-state index is 6.00. The van der Waals surface area contributed by atoms with Crippen LogP contribution in [-0.2, 0) is 11.2 Å². The molecule has 1 fully saturated rings. The van der Waals surface area contributed by atoms with Crippen molar-refractivity contribution in [2.75, 3.05) is 7.11 Å². The van der Waals surface area contributed by atoms with Gasteiger partial charge in [-0.15, -0.1) is 0 Å². The Morgan fingerprint density at radius 1 is 1.56 bits per heavy atom. The van der Waals surface area contributed by atoms with Crippen LogP contribution in [0.3, 0.4) is 0 Å². The van der Waals surface area contributed by atoms with Gasteiger partial charge in [0.25, 0.3) is 0 Å². The van der Waals surface area contributed by atoms with Crippen LogP contribution in [-0.4, -0.2) is 23.3 Å². The van der Waals surface area contributed by atoms with Crippen LogP contribution in [0.25, 0.3) is 0 Å². The normalized spacial score (nSPS) is 19.7. The lowest BCUT2D eigenvalue weighted by Gasteiger charge is -2.06. The van der Waals surface area contributed by atoms with E-state index >= 15 is 0 Å². The van der Waals surface area contributed by atoms with E-state index in [1.807, 2.05) is 6.92 Å². The molecule has 2 N–H and O–H groups in total. The van der Waals surface area contributed by atoms with E-state index in [1.165, 1.54) is 12.8 Å². The quantitative estimate of drug-likeness (QED) is 0.793. The van der Waals surface area contributed by atoms with Crippen LogP contribution in [0.15, 0.2) is 4.52 Å². The van der Waals surface area contributed by atoms with Gasteiger partial charge < -0.3 is 15.0 Å². The third-order valence-corrected chi connectivity index (χ3v) is 3.06. The smallest absolute Gasteiger partial charge is 0.228 e. The number of methoxy groups -OCH3 is 1. The lowest BCUT2D eigenvalue weighted by molar-refractivity contribution is 0.0903. The fraction of sp³-hybridized carbons (Fsp3) is 0.818. The van der Waals surface area contributed by atoms with E-state index in [9.17, 15) is 0 Å². The maximum atomic E-state index is 6.00. The summed E-state index contributed by atoms with van der Waals surface area (Å²) in [5.74, 6) is 1.91. The van der Waals surface area contributed by atoms with E-state index in [4.69, 9.17) is 15.0 Å². The molecule has 16 heavy (non-hydrogen) atoms. The first-order valence-electron chi connectivity index (χ1n) is 5.85. The van der Waals surface area contributed by atoms with Crippen LogP contribution in [0.2, 0.25) is 0 Å². The molecule has 0 amide bonds. The second-order valence-electron chi connectivity index (χ2n) is 4.38. The highest BCUT2D eigenvalue weighted by Crippen LogP contribution is 2.32. The van der Waals surface area contributed by atoms with Crippen LogP contribution >= 0.6 is 0 Å². The fourth-order valence-electron chi connectivity index (χ4n) is 1.83. The van der Waals surface area contributed by atoms with Crippen molar-refractivity contribution in [2.45, 2.75) is 44.8 Å². The predicted octanol–water partition coefficient (Wildman–Crippen LogP) is 1.45. The molecule has 1 saturated carbocycles. The van der Waals surface area contributed by atoms with E-state index < -0.39 is 0 Å². The van der Waals surface area contributed by atoms with Crippen LogP contribution in [0.5, 0.6) is 0 Å². The van der Waals surface area contributed by atoms with Crippen molar-refractivity contribution in [1.82, 2.24) is 10.1 Å². The minimum Gasteiger partial charge on any atom is -0.373 e. The second kappa shape index (κ2) is 4.93. The van der Waals surface area contributed by atoms with Gasteiger partial charge in [-0.25, -0.2) is 0 Å². The molecule has 1 aliphatic rings. The van der Waals surface area contributed by atoms with Crippen molar-refractivity contribution in [2.24, 2.45) is 11.7 Å². The van der Waals surface area contributed by atoms with Crippen molar-refractivity contribution >= 4 is 0 Å². The molecule has 0 bridgehead atoms. The lowest BCUT2D eigenvalue weighted by Crippen LogP contribution is -2.25. The molecular weight excluding hydrogens is 206 g/mol. The van der Waals surface area contributed by atoms with Crippen LogP contribution in [0, 0.1) is 5.92 Å². The van der Waals surface area contributed by atoms with Crippen molar-refractivity contribution in [1.29, 1.82) is 0 Å². The first-order chi connectivity index (χ1) is 7.74. The first-order valence-corrected chi connectivity index (χ1v) is 5.85. The summed E-state index contributed by atoms with van der Waals surface area (Å²) in [6.45, 7) is 2.03. The summed E-state index contributed by atoms with van der Waals surface area (Å²) in [4.78, 5) is 4.32. The highest BCUT2D eigenvalue weighted by Gasteiger charge is 2.30. The summed E-state index contributed by atoms with van der Waals surface area (Å²) in [6.07, 6.45) is 3.91. The summed E-state index contributed by atoms with van der Waals surface area (Å²) in [7, 11) is 1.65. The van der Waals surface area contributed by atoms with Gasteiger partial charge in [0.1, 0.15) is 6.10 Å². The molecule has 2 unspecified atom stereocenters. The molecule has 5 nitrogen and oxygen atoms in total. The molecule has 1 aliphatic carbocycles. The van der Waals surface area contributed by atoms with Gasteiger partial charge in [-0.3, -0.25) is 0 Å². The number of rotatable bonds is 6. The zero-order chi connectivity index (χ0) is 11.5. The Morgan fingerprint density at radius 3 is 2.88 bits per heavy atom. The zero-order valence-corrected chi connectivity index (χ0v) is 9.85. The Hall–Kier alpha value is -0.940. The van der Waals surface area contributed by atoms with Crippen molar-refractivity contribution in [3.05, 3.63) is 11.7 Å². The third-order valence-electron chi connectivity index (χ3n) is 3.06. The Labute approximate surface area is 95.3 Å². The van der Waals surface area contributed by atoms with E-state index in [1.54, 1.807) is 7.11 Å². The topological polar surface area (TPSA) is 74.2 Å². The minimum atomic E-state index is -0.0744. The minimum absolute atomic E-state index is 0.0744. The Kier molecular flexibility index (Phi) is 3.56. The van der Waals surface area contributed by atoms with Gasteiger partial charge in [0, 0.05) is 19.6 Å². The Balaban J connectivity index is 1.95. The van der Waals surface area contributed by atoms with Crippen LogP contribution in [0.4, 0.5) is 0 Å². The molecule has 1 aromatic rings. The van der Waals surface area contributed by atoms with Gasteiger partial charge in [0.15, 0.2) is 0 Å². The fourth-order valence-corrected chi connectivity index (χ4v) is 1.83. The Bertz CT molecular complexity index is 332. The molecule has 0 aromatic carbocycles. The molecule has 5 heteroatoms. The lowest BCUT2D eigenvalue weighted by atomic mass is 10.1. The van der Waals surface area contributed by atoms with E-state index in [0.717, 1.165) is 6.42 Å². The molecule has 90 valence electrons. The SMILES string of the molecule is CCC(OC)c1noc(CC(N)C2CC2)n1. The van der Waals surface area contributed by atoms with E-state index in [0.29, 0.717) is 24.1 Å². The zero-order valence-electron chi connectivity index (χ0n) is 9.85. The average Bonchev–Trinajstić information content (AvgIpc) is 3.04. The largest absolute Gasteiger partial charge is 0.373 e. The molecular formula is C11H19N3O2. The maximum Gasteiger partial charge on any atom is 0.228 e. The summed E-state index contributed by atoms with van der Waals surface area (Å²) in [5.41, 5.74) is 6.00. The van der Waals surface area contributed by atoms with E-state index in [2.05, 4.69) is 10.1 Å². The molecule has 0 aliphatic heterocycles.